The van der Waals surface area contributed by atoms with E-state index in [1.165, 1.54) is 0 Å². The molecule has 2 atom stereocenters. The highest BCUT2D eigenvalue weighted by atomic mass is 16.7. The second-order valence-corrected chi connectivity index (χ2v) is 6.20. The minimum atomic E-state index is -1.34. The molecule has 0 radical (unpaired) electrons. The SMILES string of the molecule is Cc1ccc(C(=O)C(CC(=O)c2ccccc2)C2C(=O)NOC2=O)cc1. The van der Waals surface area contributed by atoms with Gasteiger partial charge in [-0.1, -0.05) is 60.2 Å². The molecule has 0 bridgehead atoms. The summed E-state index contributed by atoms with van der Waals surface area (Å²) in [6.45, 7) is 1.88. The van der Waals surface area contributed by atoms with Crippen LogP contribution in [-0.2, 0) is 14.4 Å². The van der Waals surface area contributed by atoms with Crippen LogP contribution in [0.4, 0.5) is 0 Å². The summed E-state index contributed by atoms with van der Waals surface area (Å²) in [5, 5.41) is 0. The van der Waals surface area contributed by atoms with E-state index >= 15 is 0 Å². The Balaban J connectivity index is 1.92. The minimum absolute atomic E-state index is 0.260. The van der Waals surface area contributed by atoms with Crippen LogP contribution in [0, 0.1) is 18.8 Å². The summed E-state index contributed by atoms with van der Waals surface area (Å²) in [6.07, 6.45) is -0.260. The largest absolute Gasteiger partial charge is 0.345 e. The number of hydrogen-bond acceptors (Lipinski definition) is 5. The normalized spacial score (nSPS) is 17.3. The van der Waals surface area contributed by atoms with Crippen LogP contribution >= 0.6 is 0 Å². The van der Waals surface area contributed by atoms with E-state index in [4.69, 9.17) is 0 Å². The summed E-state index contributed by atoms with van der Waals surface area (Å²) >= 11 is 0. The zero-order chi connectivity index (χ0) is 18.7. The average Bonchev–Trinajstić information content (AvgIpc) is 2.99. The number of carbonyl (C=O) groups excluding carboxylic acids is 4. The van der Waals surface area contributed by atoms with E-state index < -0.39 is 29.5 Å². The maximum atomic E-state index is 13.0. The maximum Gasteiger partial charge on any atom is 0.345 e. The van der Waals surface area contributed by atoms with Crippen molar-refractivity contribution >= 4 is 23.4 Å². The van der Waals surface area contributed by atoms with Crippen LogP contribution in [0.2, 0.25) is 0 Å². The lowest BCUT2D eigenvalue weighted by Gasteiger charge is -2.17. The van der Waals surface area contributed by atoms with Gasteiger partial charge in [-0.05, 0) is 6.92 Å². The Morgan fingerprint density at radius 1 is 1.00 bits per heavy atom. The Hall–Kier alpha value is -3.28. The first-order valence-electron chi connectivity index (χ1n) is 8.17. The van der Waals surface area contributed by atoms with Crippen LogP contribution in [0.5, 0.6) is 0 Å². The van der Waals surface area contributed by atoms with Crippen LogP contribution in [-0.4, -0.2) is 23.4 Å². The lowest BCUT2D eigenvalue weighted by Crippen LogP contribution is -2.34. The van der Waals surface area contributed by atoms with Crippen molar-refractivity contribution in [2.45, 2.75) is 13.3 Å². The van der Waals surface area contributed by atoms with E-state index in [-0.39, 0.29) is 12.2 Å². The Kier molecular flexibility index (Phi) is 4.93. The number of hydroxylamine groups is 1. The maximum absolute atomic E-state index is 13.0. The predicted molar refractivity (Wildman–Crippen MR) is 92.1 cm³/mol. The van der Waals surface area contributed by atoms with Crippen molar-refractivity contribution in [1.82, 2.24) is 5.48 Å². The van der Waals surface area contributed by atoms with Gasteiger partial charge in [-0.25, -0.2) is 4.79 Å². The minimum Gasteiger partial charge on any atom is -0.340 e. The standard InChI is InChI=1S/C20H17NO5/c1-12-7-9-14(10-8-12)18(23)15(17-19(24)21-26-20(17)25)11-16(22)13-5-3-2-4-6-13/h2-10,15,17H,11H2,1H3,(H,21,24). The number of carbonyl (C=O) groups is 4. The number of aryl methyl sites for hydroxylation is 1. The van der Waals surface area contributed by atoms with Gasteiger partial charge in [0.25, 0.3) is 5.91 Å². The second kappa shape index (κ2) is 7.31. The Bertz CT molecular complexity index is 842. The number of nitrogens with one attached hydrogen (secondary N) is 1. The molecule has 6 nitrogen and oxygen atoms in total. The highest BCUT2D eigenvalue weighted by Crippen LogP contribution is 2.27. The molecule has 2 aromatic carbocycles. The van der Waals surface area contributed by atoms with Crippen LogP contribution in [0.1, 0.15) is 32.7 Å². The Morgan fingerprint density at radius 2 is 1.65 bits per heavy atom. The summed E-state index contributed by atoms with van der Waals surface area (Å²) in [7, 11) is 0. The van der Waals surface area contributed by atoms with Gasteiger partial charge >= 0.3 is 5.97 Å². The lowest BCUT2D eigenvalue weighted by molar-refractivity contribution is -0.146. The van der Waals surface area contributed by atoms with Crippen LogP contribution in [0.15, 0.2) is 54.6 Å². The molecule has 1 amide bonds. The van der Waals surface area contributed by atoms with Crippen molar-refractivity contribution in [3.63, 3.8) is 0 Å². The number of hydrogen-bond donors (Lipinski definition) is 1. The second-order valence-electron chi connectivity index (χ2n) is 6.20. The van der Waals surface area contributed by atoms with Crippen molar-refractivity contribution in [3.8, 4) is 0 Å². The number of ketones is 2. The molecule has 1 aliphatic heterocycles. The van der Waals surface area contributed by atoms with Gasteiger partial charge in [0.15, 0.2) is 17.5 Å². The summed E-state index contributed by atoms with van der Waals surface area (Å²) in [5.41, 5.74) is 3.70. The third-order valence-corrected chi connectivity index (χ3v) is 4.36. The van der Waals surface area contributed by atoms with Gasteiger partial charge in [-0.15, -0.1) is 0 Å². The van der Waals surface area contributed by atoms with E-state index in [0.717, 1.165) is 5.56 Å². The molecule has 1 N–H and O–H groups in total. The molecule has 0 spiro atoms. The van der Waals surface area contributed by atoms with Gasteiger partial charge in [0.1, 0.15) is 0 Å². The van der Waals surface area contributed by atoms with E-state index in [2.05, 4.69) is 4.84 Å². The van der Waals surface area contributed by atoms with E-state index in [1.807, 2.05) is 12.4 Å². The molecule has 2 aromatic rings. The van der Waals surface area contributed by atoms with E-state index in [0.29, 0.717) is 11.1 Å². The quantitative estimate of drug-likeness (QED) is 0.637. The molecule has 6 heteroatoms. The molecule has 132 valence electrons. The fourth-order valence-electron chi connectivity index (χ4n) is 2.92. The van der Waals surface area contributed by atoms with Crippen molar-refractivity contribution in [2.24, 2.45) is 11.8 Å². The molecule has 0 aliphatic carbocycles. The number of rotatable bonds is 6. The van der Waals surface area contributed by atoms with Crippen LogP contribution < -0.4 is 5.48 Å². The monoisotopic (exact) mass is 351 g/mol. The van der Waals surface area contributed by atoms with Crippen molar-refractivity contribution in [3.05, 3.63) is 71.3 Å². The summed E-state index contributed by atoms with van der Waals surface area (Å²) in [6, 6.07) is 15.2. The highest BCUT2D eigenvalue weighted by Gasteiger charge is 2.46. The van der Waals surface area contributed by atoms with Gasteiger partial charge in [0.2, 0.25) is 0 Å². The highest BCUT2D eigenvalue weighted by molar-refractivity contribution is 6.11. The molecular weight excluding hydrogens is 334 g/mol. The third kappa shape index (κ3) is 3.54. The van der Waals surface area contributed by atoms with Gasteiger partial charge in [-0.3, -0.25) is 14.4 Å². The first kappa shape index (κ1) is 17.5. The van der Waals surface area contributed by atoms with Gasteiger partial charge < -0.3 is 4.84 Å². The van der Waals surface area contributed by atoms with Gasteiger partial charge in [-0.2, -0.15) is 5.48 Å². The van der Waals surface area contributed by atoms with Crippen LogP contribution in [0.3, 0.4) is 0 Å². The van der Waals surface area contributed by atoms with Crippen molar-refractivity contribution in [2.75, 3.05) is 0 Å². The predicted octanol–water partition coefficient (Wildman–Crippen LogP) is 2.27. The molecule has 1 fully saturated rings. The molecule has 2 unspecified atom stereocenters. The molecule has 0 saturated carbocycles. The summed E-state index contributed by atoms with van der Waals surface area (Å²) < 4.78 is 0. The molecule has 0 aromatic heterocycles. The lowest BCUT2D eigenvalue weighted by atomic mass is 9.81. The van der Waals surface area contributed by atoms with E-state index in [9.17, 15) is 19.2 Å². The molecule has 1 aliphatic rings. The zero-order valence-electron chi connectivity index (χ0n) is 14.1. The van der Waals surface area contributed by atoms with E-state index in [1.54, 1.807) is 54.6 Å². The summed E-state index contributed by atoms with van der Waals surface area (Å²) in [4.78, 5) is 54.1. The third-order valence-electron chi connectivity index (χ3n) is 4.36. The molecule has 3 rings (SSSR count). The molecular formula is C20H17NO5. The van der Waals surface area contributed by atoms with Crippen molar-refractivity contribution in [1.29, 1.82) is 0 Å². The fourth-order valence-corrected chi connectivity index (χ4v) is 2.92. The van der Waals surface area contributed by atoms with Gasteiger partial charge in [0, 0.05) is 17.5 Å². The number of benzene rings is 2. The number of amides is 1. The van der Waals surface area contributed by atoms with Crippen molar-refractivity contribution < 1.29 is 24.0 Å². The first-order valence-corrected chi connectivity index (χ1v) is 8.17. The first-order chi connectivity index (χ1) is 12.5. The molecule has 26 heavy (non-hydrogen) atoms. The summed E-state index contributed by atoms with van der Waals surface area (Å²) in [5.74, 6) is -4.77. The van der Waals surface area contributed by atoms with Gasteiger partial charge in [0.05, 0.1) is 5.92 Å². The smallest absolute Gasteiger partial charge is 0.340 e. The molecule has 1 heterocycles. The topological polar surface area (TPSA) is 89.5 Å². The van der Waals surface area contributed by atoms with Crippen LogP contribution in [0.25, 0.3) is 0 Å². The Morgan fingerprint density at radius 3 is 2.23 bits per heavy atom. The Labute approximate surface area is 150 Å². The number of Topliss-reactive ketones (excluding diaryl/α,β-unsaturated/α-hetero) is 2. The fraction of sp³-hybridized carbons (Fsp3) is 0.200. The zero-order valence-corrected chi connectivity index (χ0v) is 14.1. The average molecular weight is 351 g/mol. The molecule has 1 saturated heterocycles.